The largest absolute Gasteiger partial charge is 0.376 e. The number of hydrazine groups is 1. The van der Waals surface area contributed by atoms with Crippen LogP contribution in [-0.4, -0.2) is 11.6 Å². The van der Waals surface area contributed by atoms with Gasteiger partial charge in [-0.15, -0.1) is 12.4 Å². The second kappa shape index (κ2) is 8.87. The molecular weight excluding hydrogens is 457 g/mol. The molecule has 0 radical (unpaired) electrons. The molecule has 0 bridgehead atoms. The van der Waals surface area contributed by atoms with Gasteiger partial charge in [0, 0.05) is 32.0 Å². The first kappa shape index (κ1) is 19.3. The zero-order valence-electron chi connectivity index (χ0n) is 12.8. The van der Waals surface area contributed by atoms with E-state index in [0.717, 1.165) is 34.3 Å². The molecule has 7 heteroatoms. The first-order chi connectivity index (χ1) is 11.2. The smallest absolute Gasteiger partial charge is 0.0740 e. The monoisotopic (exact) mass is 473 g/mol. The fraction of sp³-hybridized carbons (Fsp3) is 0.176. The minimum Gasteiger partial charge on any atom is -0.376 e. The molecule has 0 spiro atoms. The topological polar surface area (TPSA) is 63.1 Å². The lowest BCUT2D eigenvalue weighted by atomic mass is 10.1. The molecule has 4 nitrogen and oxygen atoms in total. The number of aromatic nitrogens is 1. The van der Waals surface area contributed by atoms with E-state index in [1.807, 2.05) is 24.3 Å². The van der Waals surface area contributed by atoms with Gasteiger partial charge in [-0.05, 0) is 50.1 Å². The molecule has 4 N–H and O–H groups in total. The number of para-hydroxylation sites is 2. The van der Waals surface area contributed by atoms with Gasteiger partial charge in [-0.1, -0.05) is 24.3 Å². The molecule has 0 aliphatic carbocycles. The van der Waals surface area contributed by atoms with E-state index in [9.17, 15) is 0 Å². The molecule has 24 heavy (non-hydrogen) atoms. The average Bonchev–Trinajstić information content (AvgIpc) is 2.96. The zero-order valence-corrected chi connectivity index (χ0v) is 16.8. The summed E-state index contributed by atoms with van der Waals surface area (Å²) in [5.41, 5.74) is 7.30. The number of nitrogens with two attached hydrogens (primary N) is 1. The fourth-order valence-electron chi connectivity index (χ4n) is 2.60. The number of hydrogen-bond acceptors (Lipinski definition) is 3. The molecule has 0 fully saturated rings. The maximum Gasteiger partial charge on any atom is 0.0740 e. The Morgan fingerprint density at radius 3 is 2.50 bits per heavy atom. The van der Waals surface area contributed by atoms with Crippen LogP contribution in [0.5, 0.6) is 0 Å². The first-order valence-corrected chi connectivity index (χ1v) is 8.86. The van der Waals surface area contributed by atoms with Gasteiger partial charge in [-0.3, -0.25) is 5.84 Å². The summed E-state index contributed by atoms with van der Waals surface area (Å²) in [5, 5.41) is 1.29. The highest BCUT2D eigenvalue weighted by Gasteiger charge is 2.16. The van der Waals surface area contributed by atoms with Crippen molar-refractivity contribution in [1.29, 1.82) is 0 Å². The fourth-order valence-corrected chi connectivity index (χ4v) is 3.46. The van der Waals surface area contributed by atoms with E-state index in [0.29, 0.717) is 0 Å². The van der Waals surface area contributed by atoms with E-state index in [-0.39, 0.29) is 12.4 Å². The van der Waals surface area contributed by atoms with Gasteiger partial charge in [0.15, 0.2) is 0 Å². The Hall–Kier alpha value is -1.05. The summed E-state index contributed by atoms with van der Waals surface area (Å²) in [6.07, 6.45) is 0.996. The van der Waals surface area contributed by atoms with Crippen molar-refractivity contribution in [3.63, 3.8) is 0 Å². The maximum atomic E-state index is 5.47. The van der Waals surface area contributed by atoms with Crippen LogP contribution in [0.1, 0.15) is 11.3 Å². The molecule has 0 unspecified atom stereocenters. The van der Waals surface area contributed by atoms with Gasteiger partial charge in [-0.25, -0.2) is 0 Å². The van der Waals surface area contributed by atoms with Crippen molar-refractivity contribution < 1.29 is 4.74 Å². The number of anilines is 1. The van der Waals surface area contributed by atoms with Crippen molar-refractivity contribution in [3.05, 3.63) is 62.7 Å². The minimum atomic E-state index is 0. The van der Waals surface area contributed by atoms with Gasteiger partial charge in [0.2, 0.25) is 0 Å². The van der Waals surface area contributed by atoms with Crippen molar-refractivity contribution in [2.75, 3.05) is 12.0 Å². The van der Waals surface area contributed by atoms with Crippen molar-refractivity contribution in [1.82, 2.24) is 4.98 Å². The summed E-state index contributed by atoms with van der Waals surface area (Å²) >= 11 is 6.86. The molecule has 2 heterocycles. The van der Waals surface area contributed by atoms with Gasteiger partial charge in [0.1, 0.15) is 0 Å². The summed E-state index contributed by atoms with van der Waals surface area (Å²) in [7, 11) is 0. The number of nitrogens with one attached hydrogen (secondary N) is 2. The number of benzene rings is 2. The number of nitrogen functional groups attached to an aromatic ring is 1. The summed E-state index contributed by atoms with van der Waals surface area (Å²) in [4.78, 5) is 3.46. The van der Waals surface area contributed by atoms with Crippen LogP contribution in [0, 0.1) is 0 Å². The molecule has 0 amide bonds. The van der Waals surface area contributed by atoms with Crippen LogP contribution in [0.2, 0.25) is 0 Å². The Morgan fingerprint density at radius 2 is 1.79 bits per heavy atom. The molecule has 1 aliphatic heterocycles. The van der Waals surface area contributed by atoms with Crippen molar-refractivity contribution in [2.24, 2.45) is 5.84 Å². The van der Waals surface area contributed by atoms with Gasteiger partial charge in [0.25, 0.3) is 0 Å². The third-order valence-corrected chi connectivity index (χ3v) is 5.10. The number of fused-ring (bicyclic) bond motifs is 3. The summed E-state index contributed by atoms with van der Waals surface area (Å²) in [6.45, 7) is 1.57. The molecule has 4 rings (SSSR count). The zero-order chi connectivity index (χ0) is 16.2. The van der Waals surface area contributed by atoms with Gasteiger partial charge in [0.05, 0.1) is 24.4 Å². The highest BCUT2D eigenvalue weighted by molar-refractivity contribution is 9.11. The lowest BCUT2D eigenvalue weighted by Gasteiger charge is -2.11. The van der Waals surface area contributed by atoms with Gasteiger partial charge < -0.3 is 15.1 Å². The Morgan fingerprint density at radius 1 is 1.04 bits per heavy atom. The Bertz CT molecular complexity index is 823. The standard InChI is InChI=1S/C11H10BrNO.C6H7BrN2.ClH/c12-9-3-1-2-7-8-6-14-5-4-10(8)13-11(7)9;7-5-3-1-2-4-6(5)9-8;/h1-3,13H,4-6H2;1-4,9H,8H2;1H. The molecule has 0 saturated carbocycles. The van der Waals surface area contributed by atoms with Crippen molar-refractivity contribution >= 4 is 60.9 Å². The lowest BCUT2D eigenvalue weighted by Crippen LogP contribution is -2.08. The third-order valence-electron chi connectivity index (χ3n) is 3.75. The number of aromatic amines is 1. The first-order valence-electron chi connectivity index (χ1n) is 7.27. The molecular formula is C17H18Br2ClN3O. The molecule has 2 aromatic carbocycles. The Balaban J connectivity index is 0.000000183. The average molecular weight is 476 g/mol. The summed E-state index contributed by atoms with van der Waals surface area (Å²) < 4.78 is 7.58. The number of rotatable bonds is 1. The molecule has 1 aromatic heterocycles. The third kappa shape index (κ3) is 4.13. The quantitative estimate of drug-likeness (QED) is 0.337. The number of H-pyrrole nitrogens is 1. The normalized spacial score (nSPS) is 12.6. The van der Waals surface area contributed by atoms with E-state index in [1.165, 1.54) is 22.2 Å². The van der Waals surface area contributed by atoms with Crippen LogP contribution < -0.4 is 11.3 Å². The highest BCUT2D eigenvalue weighted by Crippen LogP contribution is 2.30. The van der Waals surface area contributed by atoms with E-state index >= 15 is 0 Å². The van der Waals surface area contributed by atoms with Gasteiger partial charge >= 0.3 is 0 Å². The van der Waals surface area contributed by atoms with Crippen molar-refractivity contribution in [3.8, 4) is 0 Å². The number of halogens is 3. The molecule has 0 atom stereocenters. The predicted molar refractivity (Wildman–Crippen MR) is 109 cm³/mol. The number of ether oxygens (including phenoxy) is 1. The minimum absolute atomic E-state index is 0. The van der Waals surface area contributed by atoms with Crippen LogP contribution in [-0.2, 0) is 17.8 Å². The van der Waals surface area contributed by atoms with E-state index in [2.05, 4.69) is 60.5 Å². The highest BCUT2D eigenvalue weighted by atomic mass is 79.9. The van der Waals surface area contributed by atoms with E-state index < -0.39 is 0 Å². The van der Waals surface area contributed by atoms with E-state index in [1.54, 1.807) is 0 Å². The number of hydrogen-bond donors (Lipinski definition) is 3. The summed E-state index contributed by atoms with van der Waals surface area (Å²) in [5.74, 6) is 5.17. The molecule has 0 saturated heterocycles. The SMILES string of the molecule is Brc1cccc2c3c([nH]c12)CCOC3.Cl.NNc1ccccc1Br. The Labute approximate surface area is 163 Å². The van der Waals surface area contributed by atoms with Gasteiger partial charge in [-0.2, -0.15) is 0 Å². The molecule has 3 aromatic rings. The maximum absolute atomic E-state index is 5.47. The predicted octanol–water partition coefficient (Wildman–Crippen LogP) is 5.16. The molecule has 128 valence electrons. The van der Waals surface area contributed by atoms with Crippen LogP contribution in [0.3, 0.4) is 0 Å². The van der Waals surface area contributed by atoms with Crippen LogP contribution in [0.15, 0.2) is 51.4 Å². The van der Waals surface area contributed by atoms with Crippen LogP contribution >= 0.6 is 44.3 Å². The second-order valence-corrected chi connectivity index (χ2v) is 6.88. The van der Waals surface area contributed by atoms with Crippen LogP contribution in [0.4, 0.5) is 5.69 Å². The second-order valence-electron chi connectivity index (χ2n) is 5.17. The Kier molecular flexibility index (Phi) is 7.13. The molecule has 1 aliphatic rings. The summed E-state index contributed by atoms with van der Waals surface area (Å²) in [6, 6.07) is 13.9. The van der Waals surface area contributed by atoms with Crippen molar-refractivity contribution in [2.45, 2.75) is 13.0 Å². The van der Waals surface area contributed by atoms with Crippen LogP contribution in [0.25, 0.3) is 10.9 Å². The lowest BCUT2D eigenvalue weighted by molar-refractivity contribution is 0.111. The van der Waals surface area contributed by atoms with E-state index in [4.69, 9.17) is 10.6 Å².